The van der Waals surface area contributed by atoms with Crippen molar-refractivity contribution in [2.75, 3.05) is 6.54 Å². The van der Waals surface area contributed by atoms with E-state index >= 15 is 0 Å². The van der Waals surface area contributed by atoms with Crippen LogP contribution in [0.5, 0.6) is 0 Å². The topological polar surface area (TPSA) is 61.9 Å². The van der Waals surface area contributed by atoms with Crippen LogP contribution in [-0.4, -0.2) is 12.4 Å². The maximum atomic E-state index is 7.65. The molecular weight excluding hydrogens is 270 g/mol. The van der Waals surface area contributed by atoms with Gasteiger partial charge in [0.1, 0.15) is 5.84 Å². The van der Waals surface area contributed by atoms with E-state index in [0.717, 1.165) is 36.2 Å². The first-order valence-electron chi connectivity index (χ1n) is 7.96. The summed E-state index contributed by atoms with van der Waals surface area (Å²) in [5.41, 5.74) is 9.78. The Hall–Kier alpha value is -2.13. The number of nitrogens with one attached hydrogen (secondary N) is 2. The zero-order valence-electron chi connectivity index (χ0n) is 13.8. The molecule has 0 unspecified atom stereocenters. The maximum Gasteiger partial charge on any atom is 0.123 e. The molecule has 2 aromatic rings. The SMILES string of the molecule is CC.CCCNCc1ccc(-c2ccccc2C(=N)N)cc1. The van der Waals surface area contributed by atoms with Gasteiger partial charge in [-0.25, -0.2) is 0 Å². The molecule has 118 valence electrons. The van der Waals surface area contributed by atoms with Gasteiger partial charge in [-0.15, -0.1) is 0 Å². The van der Waals surface area contributed by atoms with E-state index in [4.69, 9.17) is 11.1 Å². The average molecular weight is 297 g/mol. The van der Waals surface area contributed by atoms with Gasteiger partial charge in [-0.05, 0) is 29.7 Å². The fourth-order valence-electron chi connectivity index (χ4n) is 2.18. The summed E-state index contributed by atoms with van der Waals surface area (Å²) < 4.78 is 0. The second kappa shape index (κ2) is 9.74. The lowest BCUT2D eigenvalue weighted by atomic mass is 9.98. The molecule has 0 saturated carbocycles. The van der Waals surface area contributed by atoms with Crippen molar-refractivity contribution >= 4 is 5.84 Å². The molecule has 22 heavy (non-hydrogen) atoms. The lowest BCUT2D eigenvalue weighted by Gasteiger charge is -2.09. The van der Waals surface area contributed by atoms with Crippen molar-refractivity contribution in [2.24, 2.45) is 5.73 Å². The Morgan fingerprint density at radius 3 is 2.27 bits per heavy atom. The number of benzene rings is 2. The van der Waals surface area contributed by atoms with Crippen molar-refractivity contribution in [2.45, 2.75) is 33.7 Å². The molecule has 0 aromatic heterocycles. The number of rotatable bonds is 6. The molecule has 3 nitrogen and oxygen atoms in total. The van der Waals surface area contributed by atoms with Gasteiger partial charge in [0.15, 0.2) is 0 Å². The van der Waals surface area contributed by atoms with E-state index in [9.17, 15) is 0 Å². The Bertz CT molecular complexity index is 573. The van der Waals surface area contributed by atoms with Gasteiger partial charge in [0.2, 0.25) is 0 Å². The van der Waals surface area contributed by atoms with Crippen molar-refractivity contribution in [1.82, 2.24) is 5.32 Å². The summed E-state index contributed by atoms with van der Waals surface area (Å²) in [5.74, 6) is 0.106. The van der Waals surface area contributed by atoms with Gasteiger partial charge in [0.25, 0.3) is 0 Å². The van der Waals surface area contributed by atoms with Crippen molar-refractivity contribution in [3.63, 3.8) is 0 Å². The largest absolute Gasteiger partial charge is 0.384 e. The van der Waals surface area contributed by atoms with Crippen LogP contribution >= 0.6 is 0 Å². The minimum absolute atomic E-state index is 0.106. The number of nitrogens with two attached hydrogens (primary N) is 1. The lowest BCUT2D eigenvalue weighted by molar-refractivity contribution is 0.675. The van der Waals surface area contributed by atoms with Gasteiger partial charge >= 0.3 is 0 Å². The molecule has 0 saturated heterocycles. The summed E-state index contributed by atoms with van der Waals surface area (Å²) in [6.07, 6.45) is 1.14. The molecule has 2 aromatic carbocycles. The Morgan fingerprint density at radius 1 is 1.05 bits per heavy atom. The molecule has 0 radical (unpaired) electrons. The monoisotopic (exact) mass is 297 g/mol. The van der Waals surface area contributed by atoms with E-state index in [1.807, 2.05) is 38.1 Å². The molecule has 0 fully saturated rings. The van der Waals surface area contributed by atoms with Crippen molar-refractivity contribution in [1.29, 1.82) is 5.41 Å². The van der Waals surface area contributed by atoms with Crippen LogP contribution in [0.25, 0.3) is 11.1 Å². The second-order valence-electron chi connectivity index (χ2n) is 4.83. The van der Waals surface area contributed by atoms with Gasteiger partial charge in [-0.3, -0.25) is 5.41 Å². The summed E-state index contributed by atoms with van der Waals surface area (Å²) >= 11 is 0. The third kappa shape index (κ3) is 5.01. The van der Waals surface area contributed by atoms with E-state index in [1.165, 1.54) is 5.56 Å². The predicted octanol–water partition coefficient (Wildman–Crippen LogP) is 4.16. The summed E-state index contributed by atoms with van der Waals surface area (Å²) in [5, 5.41) is 11.0. The average Bonchev–Trinajstić information content (AvgIpc) is 2.57. The Kier molecular flexibility index (Phi) is 7.94. The molecule has 0 aliphatic heterocycles. The minimum atomic E-state index is 0.106. The molecule has 3 heteroatoms. The molecule has 0 aliphatic carbocycles. The van der Waals surface area contributed by atoms with Crippen molar-refractivity contribution < 1.29 is 0 Å². The fraction of sp³-hybridized carbons (Fsp3) is 0.316. The molecule has 4 N–H and O–H groups in total. The van der Waals surface area contributed by atoms with Gasteiger partial charge in [-0.1, -0.05) is 69.3 Å². The lowest BCUT2D eigenvalue weighted by Crippen LogP contribution is -2.13. The number of hydrogen-bond donors (Lipinski definition) is 3. The molecule has 0 aliphatic rings. The highest BCUT2D eigenvalue weighted by Gasteiger charge is 2.06. The van der Waals surface area contributed by atoms with Gasteiger partial charge < -0.3 is 11.1 Å². The highest BCUT2D eigenvalue weighted by atomic mass is 14.8. The van der Waals surface area contributed by atoms with Gasteiger partial charge in [-0.2, -0.15) is 0 Å². The summed E-state index contributed by atoms with van der Waals surface area (Å²) in [6.45, 7) is 8.09. The maximum absolute atomic E-state index is 7.65. The van der Waals surface area contributed by atoms with Crippen LogP contribution < -0.4 is 11.1 Å². The Balaban J connectivity index is 0.00000116. The summed E-state index contributed by atoms with van der Waals surface area (Å²) in [7, 11) is 0. The van der Waals surface area contributed by atoms with Gasteiger partial charge in [0, 0.05) is 12.1 Å². The standard InChI is InChI=1S/C17H21N3.C2H6/c1-2-11-20-12-13-7-9-14(10-8-13)15-5-3-4-6-16(15)17(18)19;1-2/h3-10,20H,2,11-12H2,1H3,(H3,18,19);1-2H3. The summed E-state index contributed by atoms with van der Waals surface area (Å²) in [6, 6.07) is 16.2. The number of hydrogen-bond acceptors (Lipinski definition) is 2. The second-order valence-corrected chi connectivity index (χ2v) is 4.83. The number of nitrogen functional groups attached to an aromatic ring is 1. The highest BCUT2D eigenvalue weighted by Crippen LogP contribution is 2.23. The molecule has 0 atom stereocenters. The molecule has 0 spiro atoms. The van der Waals surface area contributed by atoms with E-state index in [2.05, 4.69) is 36.5 Å². The molecule has 0 amide bonds. The van der Waals surface area contributed by atoms with E-state index in [-0.39, 0.29) is 5.84 Å². The normalized spacial score (nSPS) is 9.77. The van der Waals surface area contributed by atoms with Crippen LogP contribution in [0, 0.1) is 5.41 Å². The highest BCUT2D eigenvalue weighted by molar-refractivity contribution is 6.01. The Labute approximate surface area is 134 Å². The first-order valence-corrected chi connectivity index (χ1v) is 7.96. The van der Waals surface area contributed by atoms with Crippen LogP contribution in [0.15, 0.2) is 48.5 Å². The summed E-state index contributed by atoms with van der Waals surface area (Å²) in [4.78, 5) is 0. The van der Waals surface area contributed by atoms with E-state index in [1.54, 1.807) is 0 Å². The van der Waals surface area contributed by atoms with Crippen LogP contribution in [0.4, 0.5) is 0 Å². The van der Waals surface area contributed by atoms with Crippen LogP contribution in [0.2, 0.25) is 0 Å². The predicted molar refractivity (Wildman–Crippen MR) is 96.2 cm³/mol. The van der Waals surface area contributed by atoms with Gasteiger partial charge in [0.05, 0.1) is 0 Å². The van der Waals surface area contributed by atoms with E-state index in [0.29, 0.717) is 0 Å². The zero-order chi connectivity index (χ0) is 16.4. The molecule has 0 bridgehead atoms. The zero-order valence-corrected chi connectivity index (χ0v) is 13.8. The molecule has 0 heterocycles. The van der Waals surface area contributed by atoms with E-state index < -0.39 is 0 Å². The molecule has 2 rings (SSSR count). The quantitative estimate of drug-likeness (QED) is 0.426. The van der Waals surface area contributed by atoms with Crippen molar-refractivity contribution in [3.05, 3.63) is 59.7 Å². The molecular formula is C19H27N3. The van der Waals surface area contributed by atoms with Crippen LogP contribution in [-0.2, 0) is 6.54 Å². The smallest absolute Gasteiger partial charge is 0.123 e. The Morgan fingerprint density at radius 2 is 1.68 bits per heavy atom. The minimum Gasteiger partial charge on any atom is -0.384 e. The third-order valence-corrected chi connectivity index (χ3v) is 3.24. The number of amidine groups is 1. The first kappa shape index (κ1) is 17.9. The fourth-order valence-corrected chi connectivity index (χ4v) is 2.18. The first-order chi connectivity index (χ1) is 10.7. The van der Waals surface area contributed by atoms with Crippen LogP contribution in [0.1, 0.15) is 38.3 Å². The van der Waals surface area contributed by atoms with Crippen LogP contribution in [0.3, 0.4) is 0 Å². The van der Waals surface area contributed by atoms with Crippen molar-refractivity contribution in [3.8, 4) is 11.1 Å². The third-order valence-electron chi connectivity index (χ3n) is 3.24.